The lowest BCUT2D eigenvalue weighted by Gasteiger charge is -2.27. The molecule has 1 aromatic carbocycles. The molecule has 0 unspecified atom stereocenters. The van der Waals surface area contributed by atoms with Crippen LogP contribution in [0.2, 0.25) is 0 Å². The zero-order valence-electron chi connectivity index (χ0n) is 19.3. The van der Waals surface area contributed by atoms with Crippen LogP contribution in [0.5, 0.6) is 0 Å². The lowest BCUT2D eigenvalue weighted by atomic mass is 10.1. The van der Waals surface area contributed by atoms with Gasteiger partial charge >= 0.3 is 18.1 Å². The van der Waals surface area contributed by atoms with Gasteiger partial charge < -0.3 is 26.4 Å². The number of benzene rings is 1. The molecule has 9 nitrogen and oxygen atoms in total. The van der Waals surface area contributed by atoms with E-state index in [1.807, 2.05) is 30.3 Å². The molecule has 1 aliphatic rings. The summed E-state index contributed by atoms with van der Waals surface area (Å²) in [5.41, 5.74) is 12.3. The number of unbranched alkanes of at least 4 members (excludes halogenated alkanes) is 1. The van der Waals surface area contributed by atoms with E-state index < -0.39 is 48.1 Å². The minimum Gasteiger partial charge on any atom is -0.451 e. The summed E-state index contributed by atoms with van der Waals surface area (Å²) in [6.07, 6.45) is -3.83. The topological polar surface area (TPSA) is 145 Å². The fourth-order valence-electron chi connectivity index (χ4n) is 3.82. The summed E-state index contributed by atoms with van der Waals surface area (Å²) in [6, 6.07) is 7.46. The van der Waals surface area contributed by atoms with Crippen LogP contribution in [0.3, 0.4) is 0 Å². The molecule has 194 valence electrons. The number of rotatable bonds is 12. The highest BCUT2D eigenvalue weighted by Gasteiger charge is 2.39. The van der Waals surface area contributed by atoms with Crippen LogP contribution in [0.25, 0.3) is 0 Å². The third-order valence-electron chi connectivity index (χ3n) is 5.72. The van der Waals surface area contributed by atoms with Gasteiger partial charge in [0.2, 0.25) is 5.91 Å². The Kier molecular flexibility index (Phi) is 10.5. The summed E-state index contributed by atoms with van der Waals surface area (Å²) in [7, 11) is 0. The van der Waals surface area contributed by atoms with Crippen molar-refractivity contribution in [2.24, 2.45) is 11.5 Å². The summed E-state index contributed by atoms with van der Waals surface area (Å²) in [6.45, 7) is 0.0919. The molecular formula is C23H31F3N4O5. The molecule has 2 rings (SSSR count). The maximum atomic E-state index is 12.8. The van der Waals surface area contributed by atoms with Gasteiger partial charge in [0.1, 0.15) is 6.04 Å². The van der Waals surface area contributed by atoms with Crippen LogP contribution in [0.1, 0.15) is 44.1 Å². The summed E-state index contributed by atoms with van der Waals surface area (Å²) in [5, 5.41) is 1.75. The number of alkyl halides is 3. The van der Waals surface area contributed by atoms with Crippen LogP contribution in [0.4, 0.5) is 13.2 Å². The average molecular weight is 501 g/mol. The number of primary amides is 1. The molecule has 0 bridgehead atoms. The number of hydrogen-bond donors (Lipinski definition) is 3. The van der Waals surface area contributed by atoms with Gasteiger partial charge in [-0.15, -0.1) is 0 Å². The molecule has 1 aliphatic heterocycles. The molecule has 35 heavy (non-hydrogen) atoms. The number of esters is 1. The predicted octanol–water partition coefficient (Wildman–Crippen LogP) is 1.18. The number of carbonyl (C=O) groups excluding carboxylic acids is 4. The van der Waals surface area contributed by atoms with E-state index in [4.69, 9.17) is 16.2 Å². The number of nitrogens with zero attached hydrogens (tertiary/aromatic N) is 1. The molecule has 1 fully saturated rings. The van der Waals surface area contributed by atoms with Gasteiger partial charge in [0.15, 0.2) is 6.10 Å². The Balaban J connectivity index is 1.83. The molecular weight excluding hydrogens is 469 g/mol. The molecule has 3 amide bonds. The zero-order valence-corrected chi connectivity index (χ0v) is 19.3. The van der Waals surface area contributed by atoms with E-state index in [1.165, 1.54) is 4.90 Å². The first-order valence-electron chi connectivity index (χ1n) is 11.5. The lowest BCUT2D eigenvalue weighted by Crippen LogP contribution is -2.50. The maximum Gasteiger partial charge on any atom is 0.471 e. The number of aryl methyl sites for hydroxylation is 1. The molecule has 1 heterocycles. The van der Waals surface area contributed by atoms with Gasteiger partial charge in [-0.2, -0.15) is 13.2 Å². The van der Waals surface area contributed by atoms with Crippen molar-refractivity contribution in [3.05, 3.63) is 35.9 Å². The van der Waals surface area contributed by atoms with Crippen LogP contribution in [-0.4, -0.2) is 66.0 Å². The summed E-state index contributed by atoms with van der Waals surface area (Å²) in [4.78, 5) is 49.4. The minimum absolute atomic E-state index is 0.167. The van der Waals surface area contributed by atoms with Crippen LogP contribution in [0, 0.1) is 0 Å². The van der Waals surface area contributed by atoms with Crippen molar-refractivity contribution in [2.45, 2.75) is 69.3 Å². The van der Waals surface area contributed by atoms with Gasteiger partial charge in [-0.05, 0) is 50.5 Å². The minimum atomic E-state index is -4.94. The van der Waals surface area contributed by atoms with Crippen molar-refractivity contribution in [3.8, 4) is 0 Å². The molecule has 5 N–H and O–H groups in total. The number of halogens is 3. The number of carbonyl (C=O) groups is 4. The largest absolute Gasteiger partial charge is 0.471 e. The Labute approximate surface area is 201 Å². The second kappa shape index (κ2) is 13.1. The van der Waals surface area contributed by atoms with E-state index in [0.29, 0.717) is 32.2 Å². The van der Waals surface area contributed by atoms with Crippen molar-refractivity contribution in [1.82, 2.24) is 10.2 Å². The number of nitrogens with one attached hydrogen (secondary N) is 1. The molecule has 0 radical (unpaired) electrons. The van der Waals surface area contributed by atoms with E-state index >= 15 is 0 Å². The molecule has 0 saturated carbocycles. The Morgan fingerprint density at radius 3 is 2.43 bits per heavy atom. The highest BCUT2D eigenvalue weighted by molar-refractivity contribution is 5.89. The summed E-state index contributed by atoms with van der Waals surface area (Å²) >= 11 is 0. The van der Waals surface area contributed by atoms with Gasteiger partial charge in [-0.1, -0.05) is 30.3 Å². The first-order valence-corrected chi connectivity index (χ1v) is 11.5. The lowest BCUT2D eigenvalue weighted by molar-refractivity contribution is -0.173. The first-order chi connectivity index (χ1) is 16.5. The molecule has 3 atom stereocenters. The van der Waals surface area contributed by atoms with Crippen LogP contribution < -0.4 is 16.8 Å². The Morgan fingerprint density at radius 2 is 1.80 bits per heavy atom. The maximum absolute atomic E-state index is 12.8. The summed E-state index contributed by atoms with van der Waals surface area (Å²) < 4.78 is 41.9. The molecule has 1 saturated heterocycles. The molecule has 0 aromatic heterocycles. The standard InChI is InChI=1S/C23H31F3N4O5/c24-23(25,26)22(34)29-13-5-4-9-16(27)20(32)30-14-6-10-17(30)21(33)35-18(19(28)31)12-11-15-7-2-1-3-8-15/h1-3,7-8,16-18H,4-6,9-14,27H2,(H2,28,31)(H,29,34)/t16-,17-,18-/m0/s1. The summed E-state index contributed by atoms with van der Waals surface area (Å²) in [5.74, 6) is -4.01. The van der Waals surface area contributed by atoms with E-state index in [1.54, 1.807) is 5.32 Å². The van der Waals surface area contributed by atoms with E-state index in [9.17, 15) is 32.3 Å². The second-order valence-electron chi connectivity index (χ2n) is 8.40. The van der Waals surface area contributed by atoms with Crippen molar-refractivity contribution < 1.29 is 37.1 Å². The SMILES string of the molecule is NC(=O)[C@H](CCc1ccccc1)OC(=O)[C@@H]1CCCN1C(=O)[C@@H](N)CCCCNC(=O)C(F)(F)F. The third-order valence-corrected chi connectivity index (χ3v) is 5.72. The van der Waals surface area contributed by atoms with Crippen molar-refractivity contribution in [2.75, 3.05) is 13.1 Å². The predicted molar refractivity (Wildman–Crippen MR) is 119 cm³/mol. The van der Waals surface area contributed by atoms with Crippen LogP contribution >= 0.6 is 0 Å². The van der Waals surface area contributed by atoms with Crippen LogP contribution in [-0.2, 0) is 30.3 Å². The van der Waals surface area contributed by atoms with E-state index in [2.05, 4.69) is 0 Å². The number of hydrogen-bond acceptors (Lipinski definition) is 6. The highest BCUT2D eigenvalue weighted by atomic mass is 19.4. The molecule has 1 aromatic rings. The van der Waals surface area contributed by atoms with Crippen molar-refractivity contribution >= 4 is 23.7 Å². The molecule has 12 heteroatoms. The van der Waals surface area contributed by atoms with E-state index in [-0.39, 0.29) is 25.8 Å². The number of ether oxygens (including phenoxy) is 1. The first kappa shape index (κ1) is 28.1. The third kappa shape index (κ3) is 8.85. The average Bonchev–Trinajstić information content (AvgIpc) is 3.30. The zero-order chi connectivity index (χ0) is 26.0. The van der Waals surface area contributed by atoms with Crippen LogP contribution in [0.15, 0.2) is 30.3 Å². The Bertz CT molecular complexity index is 882. The van der Waals surface area contributed by atoms with Crippen molar-refractivity contribution in [3.63, 3.8) is 0 Å². The normalized spacial score (nSPS) is 17.5. The van der Waals surface area contributed by atoms with E-state index in [0.717, 1.165) is 5.56 Å². The highest BCUT2D eigenvalue weighted by Crippen LogP contribution is 2.22. The Morgan fingerprint density at radius 1 is 1.11 bits per heavy atom. The fourth-order valence-corrected chi connectivity index (χ4v) is 3.82. The smallest absolute Gasteiger partial charge is 0.451 e. The molecule has 0 spiro atoms. The van der Waals surface area contributed by atoms with Gasteiger partial charge in [-0.3, -0.25) is 14.4 Å². The second-order valence-corrected chi connectivity index (χ2v) is 8.40. The monoisotopic (exact) mass is 500 g/mol. The Hall–Kier alpha value is -3.15. The fraction of sp³-hybridized carbons (Fsp3) is 0.565. The van der Waals surface area contributed by atoms with Gasteiger partial charge in [0.25, 0.3) is 5.91 Å². The van der Waals surface area contributed by atoms with Crippen molar-refractivity contribution in [1.29, 1.82) is 0 Å². The van der Waals surface area contributed by atoms with Gasteiger partial charge in [0, 0.05) is 13.1 Å². The number of likely N-dealkylation sites (tertiary alicyclic amines) is 1. The van der Waals surface area contributed by atoms with Gasteiger partial charge in [0.05, 0.1) is 6.04 Å². The quantitative estimate of drug-likeness (QED) is 0.290. The number of amides is 3. The van der Waals surface area contributed by atoms with Gasteiger partial charge in [-0.25, -0.2) is 4.79 Å². The molecule has 0 aliphatic carbocycles. The number of nitrogens with two attached hydrogens (primary N) is 2.